The maximum atomic E-state index is 13.1. The first-order chi connectivity index (χ1) is 5.68. The van der Waals surface area contributed by atoms with Crippen molar-refractivity contribution in [3.63, 3.8) is 0 Å². The molecular weight excluding hydrogens is 179 g/mol. The Morgan fingerprint density at radius 2 is 2.25 bits per heavy atom. The summed E-state index contributed by atoms with van der Waals surface area (Å²) in [6, 6.07) is 2.93. The van der Waals surface area contributed by atoms with Gasteiger partial charge in [-0.3, -0.25) is 0 Å². The van der Waals surface area contributed by atoms with Gasteiger partial charge in [0.15, 0.2) is 0 Å². The summed E-state index contributed by atoms with van der Waals surface area (Å²) in [7, 11) is 0. The van der Waals surface area contributed by atoms with Crippen LogP contribution in [0.5, 0.6) is 0 Å². The Morgan fingerprint density at radius 1 is 1.50 bits per heavy atom. The van der Waals surface area contributed by atoms with Crippen LogP contribution in [0, 0.1) is 5.82 Å². The predicted molar refractivity (Wildman–Crippen MR) is 44.7 cm³/mol. The molecule has 1 nitrogen and oxygen atoms in total. The van der Waals surface area contributed by atoms with Crippen LogP contribution in [0.15, 0.2) is 12.1 Å². The molecule has 1 aromatic carbocycles. The summed E-state index contributed by atoms with van der Waals surface area (Å²) in [5.41, 5.74) is 1.27. The van der Waals surface area contributed by atoms with Crippen LogP contribution in [0.25, 0.3) is 0 Å². The molecule has 1 N–H and O–H groups in total. The Hall–Kier alpha value is -0.600. The molecule has 1 unspecified atom stereocenters. The van der Waals surface area contributed by atoms with E-state index in [1.54, 1.807) is 6.07 Å². The predicted octanol–water partition coefficient (Wildman–Crippen LogP) is 2.46. The summed E-state index contributed by atoms with van der Waals surface area (Å²) >= 11 is 5.64. The Bertz CT molecular complexity index is 325. The van der Waals surface area contributed by atoms with Crippen LogP contribution in [0.1, 0.15) is 23.7 Å². The van der Waals surface area contributed by atoms with Crippen molar-refractivity contribution in [2.75, 3.05) is 0 Å². The molecule has 64 valence electrons. The number of hydrogen-bond donors (Lipinski definition) is 1. The van der Waals surface area contributed by atoms with Crippen LogP contribution in [-0.4, -0.2) is 5.11 Å². The summed E-state index contributed by atoms with van der Waals surface area (Å²) in [4.78, 5) is 0. The van der Waals surface area contributed by atoms with Gasteiger partial charge in [0, 0.05) is 5.02 Å². The zero-order valence-corrected chi connectivity index (χ0v) is 7.11. The summed E-state index contributed by atoms with van der Waals surface area (Å²) in [6.45, 7) is 0. The molecule has 0 radical (unpaired) electrons. The highest BCUT2D eigenvalue weighted by Crippen LogP contribution is 2.34. The highest BCUT2D eigenvalue weighted by atomic mass is 35.5. The molecule has 1 atom stereocenters. The van der Waals surface area contributed by atoms with Gasteiger partial charge in [0.2, 0.25) is 0 Å². The van der Waals surface area contributed by atoms with Crippen molar-refractivity contribution in [1.82, 2.24) is 0 Å². The van der Waals surface area contributed by atoms with Crippen LogP contribution in [0.2, 0.25) is 5.02 Å². The minimum atomic E-state index is -0.534. The second-order valence-corrected chi connectivity index (χ2v) is 3.45. The fraction of sp³-hybridized carbons (Fsp3) is 0.333. The van der Waals surface area contributed by atoms with Gasteiger partial charge < -0.3 is 5.11 Å². The normalized spacial score (nSPS) is 21.1. The smallest absolute Gasteiger partial charge is 0.128 e. The SMILES string of the molecule is OC1CCc2c(F)cc(Cl)cc21. The molecule has 0 amide bonds. The van der Waals surface area contributed by atoms with Gasteiger partial charge in [-0.15, -0.1) is 0 Å². The number of hydrogen-bond acceptors (Lipinski definition) is 1. The molecule has 3 heteroatoms. The third kappa shape index (κ3) is 1.11. The molecule has 12 heavy (non-hydrogen) atoms. The molecule has 0 saturated carbocycles. The molecule has 0 bridgehead atoms. The van der Waals surface area contributed by atoms with Gasteiger partial charge >= 0.3 is 0 Å². The Balaban J connectivity index is 2.60. The standard InChI is InChI=1S/C9H8ClFO/c10-5-3-7-6(8(11)4-5)1-2-9(7)12/h3-4,9,12H,1-2H2. The molecule has 0 aliphatic heterocycles. The lowest BCUT2D eigenvalue weighted by Gasteiger charge is -2.04. The van der Waals surface area contributed by atoms with Gasteiger partial charge in [-0.25, -0.2) is 4.39 Å². The van der Waals surface area contributed by atoms with Crippen molar-refractivity contribution in [3.8, 4) is 0 Å². The van der Waals surface area contributed by atoms with E-state index >= 15 is 0 Å². The first kappa shape index (κ1) is 8.02. The Kier molecular flexibility index (Phi) is 1.81. The minimum Gasteiger partial charge on any atom is -0.388 e. The van der Waals surface area contributed by atoms with Crippen molar-refractivity contribution in [1.29, 1.82) is 0 Å². The maximum absolute atomic E-state index is 13.1. The highest BCUT2D eigenvalue weighted by molar-refractivity contribution is 6.30. The van der Waals surface area contributed by atoms with E-state index in [9.17, 15) is 9.50 Å². The molecule has 1 aliphatic rings. The van der Waals surface area contributed by atoms with Crippen LogP contribution in [-0.2, 0) is 6.42 Å². The first-order valence-corrected chi connectivity index (χ1v) is 4.22. The molecular formula is C9H8ClFO. The van der Waals surface area contributed by atoms with Gasteiger partial charge in [0.1, 0.15) is 5.82 Å². The van der Waals surface area contributed by atoms with E-state index in [1.165, 1.54) is 6.07 Å². The van der Waals surface area contributed by atoms with Crippen molar-refractivity contribution < 1.29 is 9.50 Å². The fourth-order valence-corrected chi connectivity index (χ4v) is 1.83. The molecule has 1 aliphatic carbocycles. The number of rotatable bonds is 0. The summed E-state index contributed by atoms with van der Waals surface area (Å²) in [5.74, 6) is -0.297. The number of fused-ring (bicyclic) bond motifs is 1. The van der Waals surface area contributed by atoms with Crippen molar-refractivity contribution in [2.45, 2.75) is 18.9 Å². The number of halogens is 2. The number of benzene rings is 1. The van der Waals surface area contributed by atoms with Crippen molar-refractivity contribution in [2.24, 2.45) is 0 Å². The molecule has 0 spiro atoms. The molecule has 0 aromatic heterocycles. The lowest BCUT2D eigenvalue weighted by atomic mass is 10.1. The van der Waals surface area contributed by atoms with E-state index in [1.807, 2.05) is 0 Å². The minimum absolute atomic E-state index is 0.297. The maximum Gasteiger partial charge on any atom is 0.128 e. The average Bonchev–Trinajstić information content (AvgIpc) is 2.33. The average molecular weight is 187 g/mol. The zero-order valence-electron chi connectivity index (χ0n) is 6.35. The highest BCUT2D eigenvalue weighted by Gasteiger charge is 2.23. The van der Waals surface area contributed by atoms with Crippen LogP contribution in [0.3, 0.4) is 0 Å². The van der Waals surface area contributed by atoms with E-state index in [0.29, 0.717) is 29.0 Å². The molecule has 0 saturated heterocycles. The molecule has 0 fully saturated rings. The second-order valence-electron chi connectivity index (χ2n) is 3.01. The molecule has 1 aromatic rings. The van der Waals surface area contributed by atoms with Crippen molar-refractivity contribution >= 4 is 11.6 Å². The van der Waals surface area contributed by atoms with Crippen LogP contribution < -0.4 is 0 Å². The number of aliphatic hydroxyl groups is 1. The van der Waals surface area contributed by atoms with Crippen molar-refractivity contribution in [3.05, 3.63) is 34.1 Å². The van der Waals surface area contributed by atoms with E-state index in [4.69, 9.17) is 11.6 Å². The van der Waals surface area contributed by atoms with Crippen LogP contribution >= 0.6 is 11.6 Å². The fourth-order valence-electron chi connectivity index (χ4n) is 1.62. The van der Waals surface area contributed by atoms with Crippen LogP contribution in [0.4, 0.5) is 4.39 Å². The zero-order chi connectivity index (χ0) is 8.72. The lowest BCUT2D eigenvalue weighted by Crippen LogP contribution is -1.92. The lowest BCUT2D eigenvalue weighted by molar-refractivity contribution is 0.180. The Labute approximate surface area is 74.8 Å². The number of aliphatic hydroxyl groups excluding tert-OH is 1. The van der Waals surface area contributed by atoms with Gasteiger partial charge in [-0.2, -0.15) is 0 Å². The monoisotopic (exact) mass is 186 g/mol. The van der Waals surface area contributed by atoms with E-state index < -0.39 is 6.10 Å². The van der Waals surface area contributed by atoms with Gasteiger partial charge in [-0.05, 0) is 36.1 Å². The first-order valence-electron chi connectivity index (χ1n) is 3.84. The topological polar surface area (TPSA) is 20.2 Å². The van der Waals surface area contributed by atoms with E-state index in [0.717, 1.165) is 0 Å². The van der Waals surface area contributed by atoms with E-state index in [-0.39, 0.29) is 5.82 Å². The van der Waals surface area contributed by atoms with E-state index in [2.05, 4.69) is 0 Å². The Morgan fingerprint density at radius 3 is 3.00 bits per heavy atom. The van der Waals surface area contributed by atoms with Gasteiger partial charge in [0.05, 0.1) is 6.10 Å². The largest absolute Gasteiger partial charge is 0.388 e. The molecule has 0 heterocycles. The van der Waals surface area contributed by atoms with Gasteiger partial charge in [-0.1, -0.05) is 11.6 Å². The summed E-state index contributed by atoms with van der Waals surface area (Å²) < 4.78 is 13.1. The second kappa shape index (κ2) is 2.71. The summed E-state index contributed by atoms with van der Waals surface area (Å²) in [6.07, 6.45) is 0.680. The van der Waals surface area contributed by atoms with Gasteiger partial charge in [0.25, 0.3) is 0 Å². The quantitative estimate of drug-likeness (QED) is 0.660. The summed E-state index contributed by atoms with van der Waals surface area (Å²) in [5, 5.41) is 9.76. The third-order valence-electron chi connectivity index (χ3n) is 2.22. The molecule has 2 rings (SSSR count). The third-order valence-corrected chi connectivity index (χ3v) is 2.44.